The Morgan fingerprint density at radius 1 is 0.407 bits per heavy atom. The predicted octanol–water partition coefficient (Wildman–Crippen LogP) is -9.25. The normalized spacial score (nSPS) is 9.19. The van der Waals surface area contributed by atoms with Crippen molar-refractivity contribution in [1.29, 1.82) is 0 Å². The third-order valence-corrected chi connectivity index (χ3v) is 5.36. The van der Waals surface area contributed by atoms with Gasteiger partial charge in [-0.3, -0.25) is 0 Å². The summed E-state index contributed by atoms with van der Waals surface area (Å²) in [4.78, 5) is 0. The topological polar surface area (TPSA) is 0 Å². The molecule has 0 aliphatic rings. The van der Waals surface area contributed by atoms with E-state index in [1.165, 1.54) is 6.05 Å². The van der Waals surface area contributed by atoms with Crippen molar-refractivity contribution in [3.8, 4) is 0 Å². The molecule has 0 fully saturated rings. The van der Waals surface area contributed by atoms with Crippen LogP contribution in [0.15, 0.2) is 0 Å². The molecule has 0 heterocycles. The third-order valence-electron chi connectivity index (χ3n) is 5.05. The van der Waals surface area contributed by atoms with Crippen LogP contribution in [0.25, 0.3) is 0 Å². The Morgan fingerprint density at radius 2 is 0.704 bits per heavy atom. The van der Waals surface area contributed by atoms with Crippen LogP contribution in [-0.2, 0) is 0 Å². The molecule has 0 rings (SSSR count). The van der Waals surface area contributed by atoms with Crippen LogP contribution in [-0.4, -0.2) is 183 Å². The molecule has 0 aliphatic heterocycles. The summed E-state index contributed by atoms with van der Waals surface area (Å²) >= 11 is 5.24. The molecule has 26 radical (unpaired) electrons. The van der Waals surface area contributed by atoms with Gasteiger partial charge in [0.1, 0.15) is 0 Å². The van der Waals surface area contributed by atoms with E-state index in [0.717, 1.165) is 0 Å². The van der Waals surface area contributed by atoms with Crippen molar-refractivity contribution in [2.24, 2.45) is 0 Å². The molecule has 27 heavy (non-hydrogen) atoms. The van der Waals surface area contributed by atoms with Crippen LogP contribution in [0.4, 0.5) is 0 Å². The van der Waals surface area contributed by atoms with Crippen molar-refractivity contribution in [3.63, 3.8) is 0 Å². The zero-order valence-corrected chi connectivity index (χ0v) is 16.2. The molecule has 27 heteroatoms. The Bertz CT molecular complexity index is 368. The summed E-state index contributed by atoms with van der Waals surface area (Å²) in [6.07, 6.45) is -10.1. The van der Waals surface area contributed by atoms with Crippen molar-refractivity contribution < 1.29 is 0 Å². The van der Waals surface area contributed by atoms with E-state index < -0.39 is 76.6 Å². The number of rotatable bonds is 12. The van der Waals surface area contributed by atoms with Crippen LogP contribution in [0.1, 0.15) is 0 Å². The summed E-state index contributed by atoms with van der Waals surface area (Å²) in [5.41, 5.74) is 0. The molecule has 0 spiro atoms. The summed E-state index contributed by atoms with van der Waals surface area (Å²) in [7, 11) is 77.2. The first-order valence-electron chi connectivity index (χ1n) is 8.57. The molecule has 0 saturated heterocycles. The second kappa shape index (κ2) is 13.3. The van der Waals surface area contributed by atoms with Gasteiger partial charge >= 0.3 is 195 Å². The SMILES string of the molecule is [B]B([B])B([B])B(B([B])[B])B(B=S)B(B(B([B])[B])B([B])[B])B(B([B])[B])B([B])[B]. The van der Waals surface area contributed by atoms with Crippen LogP contribution >= 0.6 is 12.1 Å². The molecular formula is B26S. The summed E-state index contributed by atoms with van der Waals surface area (Å²) in [6.45, 7) is 0. The molecule has 0 aromatic heterocycles. The monoisotopic (exact) mass is 318 g/mol. The standard InChI is InChI=1S/B26S/c1-15(2)21(13)25(20(11)12)22(14-27)26(23(16(3)4)17(5)6)24(18(7)8)19(9)10. The summed E-state index contributed by atoms with van der Waals surface area (Å²) in [5.74, 6) is 0. The van der Waals surface area contributed by atoms with Gasteiger partial charge in [0.15, 0.2) is 0 Å². The summed E-state index contributed by atoms with van der Waals surface area (Å²) < 4.78 is 0. The minimum atomic E-state index is -0.968. The average Bonchev–Trinajstić information content (AvgIpc) is 2.49. The Labute approximate surface area is 194 Å². The molecule has 0 unspecified atom stereocenters. The fourth-order valence-electron chi connectivity index (χ4n) is 3.77. The Morgan fingerprint density at radius 3 is 0.889 bits per heavy atom. The number of hydrogen-bond acceptors (Lipinski definition) is 1. The van der Waals surface area contributed by atoms with Gasteiger partial charge in [-0.2, -0.15) is 0 Å². The van der Waals surface area contributed by atoms with E-state index in [9.17, 15) is 0 Å². The van der Waals surface area contributed by atoms with Crippen LogP contribution in [0.3, 0.4) is 0 Å². The second-order valence-electron chi connectivity index (χ2n) is 7.06. The fraction of sp³-hybridized carbons (Fsp3) is 0. The van der Waals surface area contributed by atoms with Crippen LogP contribution in [0.2, 0.25) is 0 Å². The van der Waals surface area contributed by atoms with Gasteiger partial charge in [-0.25, -0.2) is 0 Å². The molecule has 0 N–H and O–H groups in total. The first kappa shape index (κ1) is 28.9. The molecule has 0 aliphatic carbocycles. The van der Waals surface area contributed by atoms with Crippen LogP contribution < -0.4 is 0 Å². The molecule has 84 valence electrons. The Kier molecular flexibility index (Phi) is 14.3. The zero-order chi connectivity index (χ0) is 21.6. The van der Waals surface area contributed by atoms with Crippen molar-refractivity contribution in [2.75, 3.05) is 0 Å². The van der Waals surface area contributed by atoms with Crippen molar-refractivity contribution in [2.45, 2.75) is 0 Å². The van der Waals surface area contributed by atoms with Gasteiger partial charge in [0, 0.05) is 0 Å². The molecule has 0 bridgehead atoms. The molecule has 0 atom stereocenters. The van der Waals surface area contributed by atoms with Gasteiger partial charge in [-0.1, -0.05) is 0 Å². The summed E-state index contributed by atoms with van der Waals surface area (Å²) in [5, 5.41) is 0. The van der Waals surface area contributed by atoms with Gasteiger partial charge in [0.05, 0.1) is 0 Å². The van der Waals surface area contributed by atoms with Crippen molar-refractivity contribution in [1.82, 2.24) is 0 Å². The van der Waals surface area contributed by atoms with Gasteiger partial charge in [0.25, 0.3) is 0 Å². The first-order valence-corrected chi connectivity index (χ1v) is 9.04. The van der Waals surface area contributed by atoms with Gasteiger partial charge in [0.2, 0.25) is 0 Å². The molecule has 0 aromatic rings. The predicted molar refractivity (Wildman–Crippen MR) is 157 cm³/mol. The van der Waals surface area contributed by atoms with Gasteiger partial charge in [-0.05, 0) is 0 Å². The maximum absolute atomic E-state index is 6.15. The quantitative estimate of drug-likeness (QED) is 0.323. The molecule has 0 nitrogen and oxygen atoms in total. The van der Waals surface area contributed by atoms with E-state index >= 15 is 0 Å². The average molecular weight is 313 g/mol. The van der Waals surface area contributed by atoms with E-state index in [4.69, 9.17) is 113 Å². The van der Waals surface area contributed by atoms with Crippen molar-refractivity contribution in [3.05, 3.63) is 0 Å². The third kappa shape index (κ3) is 8.16. The van der Waals surface area contributed by atoms with Crippen LogP contribution in [0, 0.1) is 0 Å². The minimum absolute atomic E-state index is 0.659. The Balaban J connectivity index is 6.52. The maximum atomic E-state index is 6.15. The second-order valence-corrected chi connectivity index (χ2v) is 7.34. The van der Waals surface area contributed by atoms with E-state index in [1.807, 2.05) is 0 Å². The molecule has 0 amide bonds. The summed E-state index contributed by atoms with van der Waals surface area (Å²) in [6, 6.07) is 1.40. The molecular weight excluding hydrogens is 313 g/mol. The zero-order valence-electron chi connectivity index (χ0n) is 15.4. The van der Waals surface area contributed by atoms with Crippen LogP contribution in [0.5, 0.6) is 0 Å². The fourth-order valence-corrected chi connectivity index (χ4v) is 4.14. The first-order chi connectivity index (χ1) is 12.3. The molecule has 0 aromatic carbocycles. The van der Waals surface area contributed by atoms with Gasteiger partial charge in [-0.15, -0.1) is 0 Å². The van der Waals surface area contributed by atoms with Gasteiger partial charge < -0.3 is 0 Å². The Hall–Kier alpha value is 1.91. The number of hydrogen-bond donors (Lipinski definition) is 0. The van der Waals surface area contributed by atoms with E-state index in [2.05, 4.69) is 0 Å². The van der Waals surface area contributed by atoms with E-state index in [-0.39, 0.29) is 0 Å². The van der Waals surface area contributed by atoms with E-state index in [1.54, 1.807) is 0 Å². The van der Waals surface area contributed by atoms with Crippen molar-refractivity contribution >= 4 is 195 Å². The molecule has 0 saturated carbocycles. The van der Waals surface area contributed by atoms with E-state index in [0.29, 0.717) is 0 Å².